The predicted octanol–water partition coefficient (Wildman–Crippen LogP) is 2.37. The van der Waals surface area contributed by atoms with Gasteiger partial charge in [-0.3, -0.25) is 0 Å². The van der Waals surface area contributed by atoms with Gasteiger partial charge in [0.15, 0.2) is 0 Å². The van der Waals surface area contributed by atoms with Gasteiger partial charge in [-0.25, -0.2) is 0 Å². The molecule has 0 spiro atoms. The van der Waals surface area contributed by atoms with E-state index in [1.165, 1.54) is 0 Å². The van der Waals surface area contributed by atoms with Gasteiger partial charge in [-0.15, -0.1) is 11.8 Å². The van der Waals surface area contributed by atoms with Gasteiger partial charge in [-0.05, 0) is 24.7 Å². The second kappa shape index (κ2) is 9.68. The molecule has 0 nitrogen and oxygen atoms in total. The third-order valence-electron chi connectivity index (χ3n) is 1.20. The molecule has 0 aromatic heterocycles. The summed E-state index contributed by atoms with van der Waals surface area (Å²) in [5.74, 6) is 13.3. The van der Waals surface area contributed by atoms with E-state index in [4.69, 9.17) is 6.42 Å². The largest absolute Gasteiger partial charge is 0.103 e. The molecule has 0 atom stereocenters. The van der Waals surface area contributed by atoms with E-state index in [2.05, 4.69) is 30.6 Å². The number of unbranched alkanes of at least 4 members (excludes halogenated alkanes) is 3. The van der Waals surface area contributed by atoms with Crippen LogP contribution in [0.15, 0.2) is 0 Å². The minimum Gasteiger partial charge on any atom is -0.103 e. The van der Waals surface area contributed by atoms with Crippen molar-refractivity contribution in [2.45, 2.75) is 32.1 Å². The van der Waals surface area contributed by atoms with Crippen molar-refractivity contribution in [3.8, 4) is 29.6 Å². The van der Waals surface area contributed by atoms with Gasteiger partial charge in [0.05, 0.1) is 0 Å². The average molecular weight is 156 g/mol. The lowest BCUT2D eigenvalue weighted by Crippen LogP contribution is -1.69. The molecule has 12 heavy (non-hydrogen) atoms. The second-order valence-electron chi connectivity index (χ2n) is 2.24. The first-order valence-corrected chi connectivity index (χ1v) is 4.06. The molecule has 0 fully saturated rings. The second-order valence-corrected chi connectivity index (χ2v) is 2.24. The maximum atomic E-state index is 6.51. The minimum atomic E-state index is 0.739. The fraction of sp³-hybridized carbons (Fsp3) is 0.417. The Bertz CT molecular complexity index is 244. The fourth-order valence-electron chi connectivity index (χ4n) is 0.622. The lowest BCUT2D eigenvalue weighted by atomic mass is 10.2. The molecule has 0 aliphatic carbocycles. The zero-order valence-electron chi connectivity index (χ0n) is 7.24. The van der Waals surface area contributed by atoms with Crippen molar-refractivity contribution in [1.29, 1.82) is 0 Å². The molecule has 2 radical (unpaired) electrons. The first-order valence-electron chi connectivity index (χ1n) is 4.06. The zero-order chi connectivity index (χ0) is 9.07. The van der Waals surface area contributed by atoms with E-state index in [1.54, 1.807) is 0 Å². The van der Waals surface area contributed by atoms with Gasteiger partial charge < -0.3 is 0 Å². The molecule has 0 N–H and O–H groups in total. The first kappa shape index (κ1) is 10.7. The molecular formula is C12H12. The van der Waals surface area contributed by atoms with E-state index in [-0.39, 0.29) is 0 Å². The van der Waals surface area contributed by atoms with E-state index >= 15 is 0 Å². The SMILES string of the molecule is [C]#CC#CCCC#CCCC[CH2]. The molecule has 0 saturated carbocycles. The summed E-state index contributed by atoms with van der Waals surface area (Å²) >= 11 is 0. The van der Waals surface area contributed by atoms with E-state index in [1.807, 2.05) is 5.92 Å². The Hall–Kier alpha value is -1.32. The van der Waals surface area contributed by atoms with Crippen molar-refractivity contribution in [3.05, 3.63) is 13.3 Å². The molecular weight excluding hydrogens is 144 g/mol. The van der Waals surface area contributed by atoms with Crippen molar-refractivity contribution < 1.29 is 0 Å². The van der Waals surface area contributed by atoms with Gasteiger partial charge in [-0.2, -0.15) is 0 Å². The van der Waals surface area contributed by atoms with Crippen molar-refractivity contribution in [2.75, 3.05) is 0 Å². The Morgan fingerprint density at radius 3 is 2.33 bits per heavy atom. The van der Waals surface area contributed by atoms with Crippen molar-refractivity contribution in [1.82, 2.24) is 0 Å². The Morgan fingerprint density at radius 2 is 1.67 bits per heavy atom. The van der Waals surface area contributed by atoms with Crippen LogP contribution in [0.5, 0.6) is 0 Å². The first-order chi connectivity index (χ1) is 5.91. The molecule has 0 heteroatoms. The molecule has 0 heterocycles. The van der Waals surface area contributed by atoms with E-state index in [9.17, 15) is 0 Å². The highest BCUT2D eigenvalue weighted by Gasteiger charge is 1.76. The Kier molecular flexibility index (Phi) is 8.62. The van der Waals surface area contributed by atoms with Gasteiger partial charge in [0, 0.05) is 19.3 Å². The number of hydrogen-bond acceptors (Lipinski definition) is 0. The minimum absolute atomic E-state index is 0.739. The molecule has 0 aliphatic heterocycles. The van der Waals surface area contributed by atoms with Gasteiger partial charge >= 0.3 is 0 Å². The van der Waals surface area contributed by atoms with Crippen LogP contribution >= 0.6 is 0 Å². The standard InChI is InChI=1S/C12H12/c1-3-5-7-9-11-12-10-8-6-4-2/h1,3,5,7,10,12H2. The number of rotatable bonds is 3. The maximum absolute atomic E-state index is 6.51. The highest BCUT2D eigenvalue weighted by Crippen LogP contribution is 1.91. The van der Waals surface area contributed by atoms with Crippen LogP contribution in [-0.4, -0.2) is 0 Å². The molecule has 0 amide bonds. The normalized spacial score (nSPS) is 7.00. The van der Waals surface area contributed by atoms with Crippen LogP contribution in [0.25, 0.3) is 0 Å². The molecule has 0 aliphatic rings. The smallest absolute Gasteiger partial charge is 0.0209 e. The Morgan fingerprint density at radius 1 is 1.00 bits per heavy atom. The fourth-order valence-corrected chi connectivity index (χ4v) is 0.622. The summed E-state index contributed by atoms with van der Waals surface area (Å²) in [5.41, 5.74) is 0. The Labute approximate surface area is 75.8 Å². The predicted molar refractivity (Wildman–Crippen MR) is 51.1 cm³/mol. The molecule has 0 aromatic rings. The van der Waals surface area contributed by atoms with E-state index in [0.29, 0.717) is 0 Å². The molecule has 0 unspecified atom stereocenters. The third-order valence-corrected chi connectivity index (χ3v) is 1.20. The van der Waals surface area contributed by atoms with Crippen LogP contribution in [0, 0.1) is 42.9 Å². The molecule has 0 bridgehead atoms. The molecule has 60 valence electrons. The summed E-state index contributed by atoms with van der Waals surface area (Å²) in [5, 5.41) is 0. The summed E-state index contributed by atoms with van der Waals surface area (Å²) in [6.45, 7) is 3.72. The van der Waals surface area contributed by atoms with Crippen molar-refractivity contribution in [3.63, 3.8) is 0 Å². The van der Waals surface area contributed by atoms with Crippen LogP contribution in [0.4, 0.5) is 0 Å². The highest BCUT2D eigenvalue weighted by atomic mass is 13.8. The lowest BCUT2D eigenvalue weighted by Gasteiger charge is -1.83. The van der Waals surface area contributed by atoms with Crippen molar-refractivity contribution >= 4 is 0 Å². The molecule has 0 rings (SSSR count). The van der Waals surface area contributed by atoms with Gasteiger partial charge in [0.25, 0.3) is 0 Å². The van der Waals surface area contributed by atoms with Crippen LogP contribution in [0.1, 0.15) is 32.1 Å². The van der Waals surface area contributed by atoms with Gasteiger partial charge in [0.1, 0.15) is 0 Å². The topological polar surface area (TPSA) is 0 Å². The average Bonchev–Trinajstić information content (AvgIpc) is 2.10. The third kappa shape index (κ3) is 8.68. The van der Waals surface area contributed by atoms with Crippen molar-refractivity contribution in [2.24, 2.45) is 0 Å². The monoisotopic (exact) mass is 156 g/mol. The van der Waals surface area contributed by atoms with Crippen LogP contribution in [0.2, 0.25) is 0 Å². The van der Waals surface area contributed by atoms with Crippen LogP contribution in [0.3, 0.4) is 0 Å². The zero-order valence-corrected chi connectivity index (χ0v) is 7.24. The lowest BCUT2D eigenvalue weighted by molar-refractivity contribution is 0.881. The quantitative estimate of drug-likeness (QED) is 0.434. The summed E-state index contributed by atoms with van der Waals surface area (Å²) < 4.78 is 0. The van der Waals surface area contributed by atoms with E-state index < -0.39 is 0 Å². The molecule has 0 aromatic carbocycles. The highest BCUT2D eigenvalue weighted by molar-refractivity contribution is 5.19. The van der Waals surface area contributed by atoms with Crippen LogP contribution in [-0.2, 0) is 0 Å². The Balaban J connectivity index is 3.28. The van der Waals surface area contributed by atoms with Crippen LogP contribution < -0.4 is 0 Å². The number of hydrogen-bond donors (Lipinski definition) is 0. The summed E-state index contributed by atoms with van der Waals surface area (Å²) in [6.07, 6.45) is 11.0. The summed E-state index contributed by atoms with van der Waals surface area (Å²) in [6, 6.07) is 0. The van der Waals surface area contributed by atoms with Gasteiger partial charge in [0.2, 0.25) is 0 Å². The summed E-state index contributed by atoms with van der Waals surface area (Å²) in [4.78, 5) is 0. The maximum Gasteiger partial charge on any atom is 0.0209 e. The van der Waals surface area contributed by atoms with Gasteiger partial charge in [-0.1, -0.05) is 19.3 Å². The molecule has 0 saturated heterocycles. The summed E-state index contributed by atoms with van der Waals surface area (Å²) in [7, 11) is 0. The van der Waals surface area contributed by atoms with E-state index in [0.717, 1.165) is 32.1 Å².